The number of rotatable bonds is 7. The highest BCUT2D eigenvalue weighted by Gasteiger charge is 2.29. The van der Waals surface area contributed by atoms with Crippen molar-refractivity contribution in [3.8, 4) is 5.75 Å². The van der Waals surface area contributed by atoms with Crippen LogP contribution in [0.25, 0.3) is 0 Å². The average Bonchev–Trinajstić information content (AvgIpc) is 2.64. The number of carbonyl (C=O) groups excluding carboxylic acids is 2. The molecule has 0 aliphatic carbocycles. The Bertz CT molecular complexity index is 913. The molecule has 2 rings (SSSR count). The number of para-hydroxylation sites is 1. The largest absolute Gasteiger partial charge is 0.482 e. The van der Waals surface area contributed by atoms with Crippen molar-refractivity contribution in [2.24, 2.45) is 0 Å². The molecule has 2 amide bonds. The quantitative estimate of drug-likeness (QED) is 0.591. The zero-order valence-electron chi connectivity index (χ0n) is 17.3. The van der Waals surface area contributed by atoms with Gasteiger partial charge in [-0.25, -0.2) is 0 Å². The van der Waals surface area contributed by atoms with Crippen LogP contribution in [0.2, 0.25) is 15.1 Å². The van der Waals surface area contributed by atoms with Gasteiger partial charge in [-0.3, -0.25) is 9.59 Å². The van der Waals surface area contributed by atoms with Crippen LogP contribution in [0.4, 0.5) is 0 Å². The molecule has 0 aromatic heterocycles. The number of carbonyl (C=O) groups is 2. The summed E-state index contributed by atoms with van der Waals surface area (Å²) in [5.74, 6) is -0.264. The first kappa shape index (κ1) is 24.3. The van der Waals surface area contributed by atoms with E-state index in [1.165, 1.54) is 4.90 Å². The third-order valence-corrected chi connectivity index (χ3v) is 5.11. The number of halogens is 3. The van der Waals surface area contributed by atoms with E-state index < -0.39 is 11.6 Å². The Morgan fingerprint density at radius 3 is 2.33 bits per heavy atom. The summed E-state index contributed by atoms with van der Waals surface area (Å²) in [6.45, 7) is 7.14. The van der Waals surface area contributed by atoms with Crippen LogP contribution < -0.4 is 10.1 Å². The first-order valence-corrected chi connectivity index (χ1v) is 10.5. The minimum Gasteiger partial charge on any atom is -0.482 e. The summed E-state index contributed by atoms with van der Waals surface area (Å²) in [4.78, 5) is 27.2. The molecule has 0 radical (unpaired) electrons. The summed E-state index contributed by atoms with van der Waals surface area (Å²) >= 11 is 18.4. The fourth-order valence-corrected chi connectivity index (χ4v) is 3.33. The molecule has 0 heterocycles. The van der Waals surface area contributed by atoms with Crippen molar-refractivity contribution in [1.29, 1.82) is 0 Å². The SMILES string of the molecule is C[C@H](C(=O)NC(C)(C)C)N(Cc1ccc(Cl)cc1Cl)C(=O)COc1ccccc1Cl. The Balaban J connectivity index is 2.23. The van der Waals surface area contributed by atoms with Gasteiger partial charge in [0, 0.05) is 22.1 Å². The minimum atomic E-state index is -0.752. The van der Waals surface area contributed by atoms with E-state index in [-0.39, 0.29) is 25.0 Å². The van der Waals surface area contributed by atoms with Gasteiger partial charge in [0.25, 0.3) is 5.91 Å². The van der Waals surface area contributed by atoms with Gasteiger partial charge in [0.1, 0.15) is 11.8 Å². The van der Waals surface area contributed by atoms with E-state index in [0.717, 1.165) is 0 Å². The molecule has 5 nitrogen and oxygen atoms in total. The Morgan fingerprint density at radius 2 is 1.73 bits per heavy atom. The second-order valence-corrected chi connectivity index (χ2v) is 9.14. The van der Waals surface area contributed by atoms with Gasteiger partial charge in [0.05, 0.1) is 5.02 Å². The maximum absolute atomic E-state index is 13.0. The third kappa shape index (κ3) is 7.08. The zero-order chi connectivity index (χ0) is 22.5. The highest BCUT2D eigenvalue weighted by Crippen LogP contribution is 2.25. The van der Waals surface area contributed by atoms with Crippen LogP contribution >= 0.6 is 34.8 Å². The number of nitrogens with zero attached hydrogens (tertiary/aromatic N) is 1. The van der Waals surface area contributed by atoms with E-state index in [0.29, 0.717) is 26.4 Å². The fourth-order valence-electron chi connectivity index (χ4n) is 2.67. The Kier molecular flexibility index (Phi) is 8.42. The van der Waals surface area contributed by atoms with Crippen LogP contribution in [-0.2, 0) is 16.1 Å². The number of benzene rings is 2. The molecule has 1 atom stereocenters. The highest BCUT2D eigenvalue weighted by atomic mass is 35.5. The molecule has 0 fully saturated rings. The number of nitrogens with one attached hydrogen (secondary N) is 1. The van der Waals surface area contributed by atoms with Crippen molar-refractivity contribution in [3.63, 3.8) is 0 Å². The van der Waals surface area contributed by atoms with E-state index in [1.54, 1.807) is 49.4 Å². The Hall–Kier alpha value is -1.95. The number of ether oxygens (including phenoxy) is 1. The first-order chi connectivity index (χ1) is 14.0. The van der Waals surface area contributed by atoms with Crippen LogP contribution in [0.1, 0.15) is 33.3 Å². The molecule has 0 unspecified atom stereocenters. The highest BCUT2D eigenvalue weighted by molar-refractivity contribution is 6.35. The van der Waals surface area contributed by atoms with E-state index in [4.69, 9.17) is 39.5 Å². The predicted molar refractivity (Wildman–Crippen MR) is 121 cm³/mol. The molecule has 2 aromatic carbocycles. The van der Waals surface area contributed by atoms with E-state index in [9.17, 15) is 9.59 Å². The van der Waals surface area contributed by atoms with Crippen molar-refractivity contribution in [1.82, 2.24) is 10.2 Å². The van der Waals surface area contributed by atoms with Gasteiger partial charge >= 0.3 is 0 Å². The molecule has 0 spiro atoms. The summed E-state index contributed by atoms with van der Waals surface area (Å²) in [5, 5.41) is 4.20. The van der Waals surface area contributed by atoms with Gasteiger partial charge in [0.15, 0.2) is 6.61 Å². The second-order valence-electron chi connectivity index (χ2n) is 7.89. The molecule has 8 heteroatoms. The lowest BCUT2D eigenvalue weighted by Crippen LogP contribution is -2.53. The molecular weight excluding hydrogens is 447 g/mol. The molecule has 0 aliphatic rings. The second kappa shape index (κ2) is 10.4. The molecule has 0 aliphatic heterocycles. The zero-order valence-corrected chi connectivity index (χ0v) is 19.6. The molecular formula is C22H25Cl3N2O3. The summed E-state index contributed by atoms with van der Waals surface area (Å²) in [7, 11) is 0. The third-order valence-electron chi connectivity index (χ3n) is 4.21. The van der Waals surface area contributed by atoms with Crippen LogP contribution in [0, 0.1) is 0 Å². The van der Waals surface area contributed by atoms with Crippen LogP contribution in [-0.4, -0.2) is 34.9 Å². The van der Waals surface area contributed by atoms with E-state index >= 15 is 0 Å². The first-order valence-electron chi connectivity index (χ1n) is 9.40. The Labute approximate surface area is 192 Å². The smallest absolute Gasteiger partial charge is 0.261 e. The number of hydrogen-bond acceptors (Lipinski definition) is 3. The maximum atomic E-state index is 13.0. The maximum Gasteiger partial charge on any atom is 0.261 e. The van der Waals surface area contributed by atoms with Crippen LogP contribution in [0.15, 0.2) is 42.5 Å². The van der Waals surface area contributed by atoms with Crippen LogP contribution in [0.3, 0.4) is 0 Å². The molecule has 2 aromatic rings. The lowest BCUT2D eigenvalue weighted by atomic mass is 10.1. The molecule has 30 heavy (non-hydrogen) atoms. The summed E-state index contributed by atoms with van der Waals surface area (Å²) in [6, 6.07) is 11.1. The molecule has 162 valence electrons. The van der Waals surface area contributed by atoms with Gasteiger partial charge < -0.3 is 15.0 Å². The normalized spacial score (nSPS) is 12.2. The summed E-state index contributed by atoms with van der Waals surface area (Å²) in [5.41, 5.74) is 0.231. The average molecular weight is 472 g/mol. The number of hydrogen-bond donors (Lipinski definition) is 1. The van der Waals surface area contributed by atoms with Gasteiger partial charge in [0.2, 0.25) is 5.91 Å². The minimum absolute atomic E-state index is 0.124. The topological polar surface area (TPSA) is 58.6 Å². The molecule has 0 saturated heterocycles. The van der Waals surface area contributed by atoms with Crippen molar-refractivity contribution in [2.45, 2.75) is 45.8 Å². The van der Waals surface area contributed by atoms with Gasteiger partial charge in [-0.1, -0.05) is 53.0 Å². The van der Waals surface area contributed by atoms with Crippen molar-refractivity contribution in [2.75, 3.05) is 6.61 Å². The Morgan fingerprint density at radius 1 is 1.07 bits per heavy atom. The summed E-state index contributed by atoms with van der Waals surface area (Å²) in [6.07, 6.45) is 0. The molecule has 0 bridgehead atoms. The van der Waals surface area contributed by atoms with Crippen molar-refractivity contribution < 1.29 is 14.3 Å². The van der Waals surface area contributed by atoms with Gasteiger partial charge in [-0.15, -0.1) is 0 Å². The van der Waals surface area contributed by atoms with Crippen molar-refractivity contribution >= 4 is 46.6 Å². The lowest BCUT2D eigenvalue weighted by Gasteiger charge is -2.31. The van der Waals surface area contributed by atoms with Crippen LogP contribution in [0.5, 0.6) is 5.75 Å². The standard InChI is InChI=1S/C22H25Cl3N2O3/c1-14(21(29)26-22(2,3)4)27(12-15-9-10-16(23)11-18(15)25)20(28)13-30-19-8-6-5-7-17(19)24/h5-11,14H,12-13H2,1-4H3,(H,26,29)/t14-/m1/s1. The van der Waals surface area contributed by atoms with E-state index in [1.807, 2.05) is 20.8 Å². The predicted octanol–water partition coefficient (Wildman–Crippen LogP) is 5.36. The molecule has 0 saturated carbocycles. The van der Waals surface area contributed by atoms with Gasteiger partial charge in [-0.2, -0.15) is 0 Å². The van der Waals surface area contributed by atoms with Gasteiger partial charge in [-0.05, 0) is 57.5 Å². The summed E-state index contributed by atoms with van der Waals surface area (Å²) < 4.78 is 5.59. The number of amides is 2. The van der Waals surface area contributed by atoms with Crippen molar-refractivity contribution in [3.05, 3.63) is 63.1 Å². The monoisotopic (exact) mass is 470 g/mol. The fraction of sp³-hybridized carbons (Fsp3) is 0.364. The lowest BCUT2D eigenvalue weighted by molar-refractivity contribution is -0.142. The van der Waals surface area contributed by atoms with E-state index in [2.05, 4.69) is 5.32 Å². The molecule has 1 N–H and O–H groups in total.